The van der Waals surface area contributed by atoms with Crippen LogP contribution in [0.4, 0.5) is 5.82 Å². The van der Waals surface area contributed by atoms with E-state index in [-0.39, 0.29) is 4.90 Å². The van der Waals surface area contributed by atoms with Gasteiger partial charge >= 0.3 is 5.97 Å². The molecule has 2 heterocycles. The Morgan fingerprint density at radius 1 is 1.36 bits per heavy atom. The molecule has 120 valence electrons. The van der Waals surface area contributed by atoms with Crippen LogP contribution in [0.5, 0.6) is 0 Å². The Kier molecular flexibility index (Phi) is 4.05. The summed E-state index contributed by atoms with van der Waals surface area (Å²) < 4.78 is 26.8. The van der Waals surface area contributed by atoms with E-state index in [1.54, 1.807) is 11.0 Å². The Bertz CT molecular complexity index is 655. The molecule has 2 aliphatic rings. The molecule has 1 aromatic rings. The standard InChI is InChI=1S/C14H19N3O4S/c18-14(19)12-2-1-7-17(12)13-6-5-11(9-15-13)22(20,21)16-8-10-3-4-10/h5-6,9-10,12,16H,1-4,7-8H2,(H,18,19). The Hall–Kier alpha value is -1.67. The van der Waals surface area contributed by atoms with Gasteiger partial charge in [0.15, 0.2) is 0 Å². The molecule has 0 spiro atoms. The summed E-state index contributed by atoms with van der Waals surface area (Å²) in [6, 6.07) is 2.48. The van der Waals surface area contributed by atoms with Gasteiger partial charge in [-0.1, -0.05) is 0 Å². The summed E-state index contributed by atoms with van der Waals surface area (Å²) in [5.41, 5.74) is 0. The molecular weight excluding hydrogens is 306 g/mol. The maximum Gasteiger partial charge on any atom is 0.326 e. The normalized spacial score (nSPS) is 22.0. The molecule has 22 heavy (non-hydrogen) atoms. The van der Waals surface area contributed by atoms with Gasteiger partial charge in [-0.3, -0.25) is 0 Å². The van der Waals surface area contributed by atoms with Gasteiger partial charge in [-0.05, 0) is 43.7 Å². The predicted octanol–water partition coefficient (Wildman–Crippen LogP) is 0.823. The van der Waals surface area contributed by atoms with Gasteiger partial charge in [-0.25, -0.2) is 22.9 Å². The van der Waals surface area contributed by atoms with Crippen LogP contribution in [0.15, 0.2) is 23.2 Å². The topological polar surface area (TPSA) is 99.6 Å². The lowest BCUT2D eigenvalue weighted by molar-refractivity contribution is -0.138. The van der Waals surface area contributed by atoms with Crippen LogP contribution in [0.25, 0.3) is 0 Å². The number of aliphatic carboxylic acids is 1. The highest BCUT2D eigenvalue weighted by Gasteiger charge is 2.31. The first-order valence-electron chi connectivity index (χ1n) is 7.42. The first-order chi connectivity index (χ1) is 10.5. The number of pyridine rings is 1. The number of sulfonamides is 1. The average Bonchev–Trinajstić information content (AvgIpc) is 3.19. The van der Waals surface area contributed by atoms with Gasteiger partial charge in [0.2, 0.25) is 10.0 Å². The van der Waals surface area contributed by atoms with E-state index in [4.69, 9.17) is 0 Å². The van der Waals surface area contributed by atoms with Crippen LogP contribution >= 0.6 is 0 Å². The fourth-order valence-electron chi connectivity index (χ4n) is 2.63. The highest BCUT2D eigenvalue weighted by molar-refractivity contribution is 7.89. The van der Waals surface area contributed by atoms with Crippen molar-refractivity contribution < 1.29 is 18.3 Å². The van der Waals surface area contributed by atoms with Crippen molar-refractivity contribution in [2.24, 2.45) is 5.92 Å². The van der Waals surface area contributed by atoms with E-state index >= 15 is 0 Å². The maximum absolute atomic E-state index is 12.1. The summed E-state index contributed by atoms with van der Waals surface area (Å²) in [4.78, 5) is 17.2. The fraction of sp³-hybridized carbons (Fsp3) is 0.571. The second kappa shape index (κ2) is 5.85. The smallest absolute Gasteiger partial charge is 0.326 e. The van der Waals surface area contributed by atoms with Gasteiger partial charge in [0.25, 0.3) is 0 Å². The molecule has 8 heteroatoms. The van der Waals surface area contributed by atoms with Gasteiger partial charge in [-0.2, -0.15) is 0 Å². The molecule has 1 saturated carbocycles. The summed E-state index contributed by atoms with van der Waals surface area (Å²) in [7, 11) is -3.53. The minimum absolute atomic E-state index is 0.114. The average molecular weight is 325 g/mol. The molecule has 0 radical (unpaired) electrons. The Balaban J connectivity index is 1.73. The second-order valence-electron chi connectivity index (χ2n) is 5.84. The number of carboxylic acid groups (broad SMARTS) is 1. The summed E-state index contributed by atoms with van der Waals surface area (Å²) in [5, 5.41) is 9.18. The first-order valence-corrected chi connectivity index (χ1v) is 8.91. The van der Waals surface area contributed by atoms with Crippen LogP contribution in [0, 0.1) is 5.92 Å². The molecule has 2 fully saturated rings. The third-order valence-electron chi connectivity index (χ3n) is 4.12. The highest BCUT2D eigenvalue weighted by atomic mass is 32.2. The maximum atomic E-state index is 12.1. The van der Waals surface area contributed by atoms with Crippen LogP contribution in [0.2, 0.25) is 0 Å². The van der Waals surface area contributed by atoms with Crippen molar-refractivity contribution in [3.05, 3.63) is 18.3 Å². The molecule has 1 aliphatic carbocycles. The van der Waals surface area contributed by atoms with E-state index in [1.165, 1.54) is 12.3 Å². The van der Waals surface area contributed by atoms with Gasteiger partial charge in [-0.15, -0.1) is 0 Å². The number of carboxylic acids is 1. The van der Waals surface area contributed by atoms with Crippen molar-refractivity contribution in [2.75, 3.05) is 18.0 Å². The number of hydrogen-bond donors (Lipinski definition) is 2. The molecule has 0 bridgehead atoms. The van der Waals surface area contributed by atoms with Gasteiger partial charge in [0, 0.05) is 19.3 Å². The lowest BCUT2D eigenvalue weighted by atomic mass is 10.2. The van der Waals surface area contributed by atoms with E-state index in [0.717, 1.165) is 19.3 Å². The van der Waals surface area contributed by atoms with Gasteiger partial charge in [0.1, 0.15) is 16.8 Å². The van der Waals surface area contributed by atoms with Crippen LogP contribution in [0.3, 0.4) is 0 Å². The van der Waals surface area contributed by atoms with Crippen molar-refractivity contribution in [3.8, 4) is 0 Å². The molecule has 0 amide bonds. The van der Waals surface area contributed by atoms with Crippen LogP contribution in [0.1, 0.15) is 25.7 Å². The van der Waals surface area contributed by atoms with Gasteiger partial charge in [0.05, 0.1) is 0 Å². The molecule has 0 aromatic carbocycles. The third-order valence-corrected chi connectivity index (χ3v) is 5.53. The predicted molar refractivity (Wildman–Crippen MR) is 80.2 cm³/mol. The zero-order valence-electron chi connectivity index (χ0n) is 12.1. The molecule has 3 rings (SSSR count). The molecule has 1 atom stereocenters. The summed E-state index contributed by atoms with van der Waals surface area (Å²) in [6.45, 7) is 1.09. The third kappa shape index (κ3) is 3.22. The zero-order valence-corrected chi connectivity index (χ0v) is 12.9. The number of carbonyl (C=O) groups is 1. The lowest BCUT2D eigenvalue weighted by Gasteiger charge is -2.22. The number of aromatic nitrogens is 1. The van der Waals surface area contributed by atoms with E-state index in [9.17, 15) is 18.3 Å². The minimum atomic E-state index is -3.53. The van der Waals surface area contributed by atoms with Crippen molar-refractivity contribution in [1.29, 1.82) is 0 Å². The molecule has 7 nitrogen and oxygen atoms in total. The quantitative estimate of drug-likeness (QED) is 0.803. The number of hydrogen-bond acceptors (Lipinski definition) is 5. The highest BCUT2D eigenvalue weighted by Crippen LogP contribution is 2.28. The van der Waals surface area contributed by atoms with Crippen molar-refractivity contribution in [3.63, 3.8) is 0 Å². The fourth-order valence-corrected chi connectivity index (χ4v) is 3.69. The van der Waals surface area contributed by atoms with Crippen molar-refractivity contribution >= 4 is 21.8 Å². The first kappa shape index (κ1) is 15.2. The number of anilines is 1. The molecule has 1 saturated heterocycles. The van der Waals surface area contributed by atoms with Crippen LogP contribution in [-0.4, -0.2) is 43.6 Å². The SMILES string of the molecule is O=C(O)C1CCCN1c1ccc(S(=O)(=O)NCC2CC2)cn1. The number of rotatable bonds is 6. The lowest BCUT2D eigenvalue weighted by Crippen LogP contribution is -2.36. The van der Waals surface area contributed by atoms with E-state index in [2.05, 4.69) is 9.71 Å². The minimum Gasteiger partial charge on any atom is -0.480 e. The van der Waals surface area contributed by atoms with Crippen molar-refractivity contribution in [1.82, 2.24) is 9.71 Å². The number of nitrogens with zero attached hydrogens (tertiary/aromatic N) is 2. The van der Waals surface area contributed by atoms with E-state index in [0.29, 0.717) is 31.2 Å². The van der Waals surface area contributed by atoms with Gasteiger partial charge < -0.3 is 10.0 Å². The monoisotopic (exact) mass is 325 g/mol. The Morgan fingerprint density at radius 3 is 2.73 bits per heavy atom. The van der Waals surface area contributed by atoms with Crippen LogP contribution < -0.4 is 9.62 Å². The number of nitrogens with one attached hydrogen (secondary N) is 1. The largest absolute Gasteiger partial charge is 0.480 e. The molecule has 1 aromatic heterocycles. The second-order valence-corrected chi connectivity index (χ2v) is 7.60. The van der Waals surface area contributed by atoms with Crippen LogP contribution in [-0.2, 0) is 14.8 Å². The summed E-state index contributed by atoms with van der Waals surface area (Å²) in [6.07, 6.45) is 4.82. The van der Waals surface area contributed by atoms with Crippen molar-refractivity contribution in [2.45, 2.75) is 36.6 Å². The molecule has 2 N–H and O–H groups in total. The molecule has 1 unspecified atom stereocenters. The van der Waals surface area contributed by atoms with E-state index in [1.807, 2.05) is 0 Å². The van der Waals surface area contributed by atoms with E-state index < -0.39 is 22.0 Å². The summed E-state index contributed by atoms with van der Waals surface area (Å²) in [5.74, 6) is 0.0936. The molecule has 1 aliphatic heterocycles. The molecular formula is C14H19N3O4S. The summed E-state index contributed by atoms with van der Waals surface area (Å²) >= 11 is 0. The Morgan fingerprint density at radius 2 is 2.14 bits per heavy atom. The zero-order chi connectivity index (χ0) is 15.7. The Labute approximate surface area is 129 Å².